The van der Waals surface area contributed by atoms with Crippen molar-refractivity contribution in [2.75, 3.05) is 5.32 Å². The lowest BCUT2D eigenvalue weighted by atomic mass is 9.92. The van der Waals surface area contributed by atoms with Gasteiger partial charge in [0.2, 0.25) is 11.8 Å². The Morgan fingerprint density at radius 3 is 2.54 bits per heavy atom. The molecule has 10 heteroatoms. The summed E-state index contributed by atoms with van der Waals surface area (Å²) in [5, 5.41) is 6.54. The highest BCUT2D eigenvalue weighted by Crippen LogP contribution is 2.23. The molecular formula is C16H20N6O4. The average Bonchev–Trinajstić information content (AvgIpc) is 3.18. The second kappa shape index (κ2) is 5.97. The molecule has 0 atom stereocenters. The van der Waals surface area contributed by atoms with Crippen LogP contribution in [0.15, 0.2) is 26.5 Å². The highest BCUT2D eigenvalue weighted by molar-refractivity contribution is 5.90. The molecule has 0 fully saturated rings. The molecule has 0 spiro atoms. The molecule has 138 valence electrons. The van der Waals surface area contributed by atoms with Crippen LogP contribution in [0, 0.1) is 0 Å². The summed E-state index contributed by atoms with van der Waals surface area (Å²) >= 11 is 0. The van der Waals surface area contributed by atoms with E-state index < -0.39 is 17.2 Å². The lowest BCUT2D eigenvalue weighted by Crippen LogP contribution is -2.37. The molecule has 0 saturated heterocycles. The molecule has 0 aliphatic carbocycles. The van der Waals surface area contributed by atoms with E-state index in [1.807, 2.05) is 20.8 Å². The highest BCUT2D eigenvalue weighted by Gasteiger charge is 2.20. The Morgan fingerprint density at radius 2 is 1.92 bits per heavy atom. The molecule has 3 aromatic heterocycles. The zero-order chi connectivity index (χ0) is 19.2. The molecule has 1 amide bonds. The summed E-state index contributed by atoms with van der Waals surface area (Å²) in [6.45, 7) is 5.78. The van der Waals surface area contributed by atoms with E-state index in [-0.39, 0.29) is 29.0 Å². The molecule has 0 saturated carbocycles. The number of amides is 1. The summed E-state index contributed by atoms with van der Waals surface area (Å²) < 4.78 is 8.76. The number of hydrogen-bond acceptors (Lipinski definition) is 6. The smallest absolute Gasteiger partial charge is 0.332 e. The van der Waals surface area contributed by atoms with Gasteiger partial charge in [0, 0.05) is 25.6 Å². The second-order valence-electron chi connectivity index (χ2n) is 7.13. The number of aromatic nitrogens is 5. The van der Waals surface area contributed by atoms with Crippen molar-refractivity contribution in [3.63, 3.8) is 0 Å². The van der Waals surface area contributed by atoms with Crippen LogP contribution in [0.2, 0.25) is 0 Å². The van der Waals surface area contributed by atoms with Crippen LogP contribution in [-0.2, 0) is 30.8 Å². The summed E-state index contributed by atoms with van der Waals surface area (Å²) in [5.74, 6) is -0.179. The van der Waals surface area contributed by atoms with E-state index in [0.29, 0.717) is 5.69 Å². The molecule has 0 aliphatic rings. The van der Waals surface area contributed by atoms with Crippen molar-refractivity contribution in [1.29, 1.82) is 0 Å². The van der Waals surface area contributed by atoms with E-state index >= 15 is 0 Å². The van der Waals surface area contributed by atoms with E-state index in [0.717, 1.165) is 4.57 Å². The van der Waals surface area contributed by atoms with Gasteiger partial charge in [-0.2, -0.15) is 0 Å². The van der Waals surface area contributed by atoms with Crippen molar-refractivity contribution >= 4 is 23.0 Å². The fourth-order valence-electron chi connectivity index (χ4n) is 2.54. The maximum absolute atomic E-state index is 12.4. The first kappa shape index (κ1) is 17.6. The van der Waals surface area contributed by atoms with Crippen molar-refractivity contribution in [2.24, 2.45) is 14.1 Å². The van der Waals surface area contributed by atoms with Gasteiger partial charge >= 0.3 is 5.69 Å². The van der Waals surface area contributed by atoms with Gasteiger partial charge in [0.15, 0.2) is 11.2 Å². The average molecular weight is 360 g/mol. The molecule has 0 bridgehead atoms. The largest absolute Gasteiger partial charge is 0.338 e. The minimum absolute atomic E-state index is 0.157. The third-order valence-corrected chi connectivity index (χ3v) is 4.07. The Labute approximate surface area is 148 Å². The Balaban J connectivity index is 1.88. The predicted molar refractivity (Wildman–Crippen MR) is 94.0 cm³/mol. The zero-order valence-electron chi connectivity index (χ0n) is 15.2. The van der Waals surface area contributed by atoms with Crippen LogP contribution >= 0.6 is 0 Å². The fourth-order valence-corrected chi connectivity index (χ4v) is 2.54. The number of nitrogens with zero attached hydrogens (tertiary/aromatic N) is 5. The third kappa shape index (κ3) is 2.93. The standard InChI is InChI=1S/C16H20N6O4/c1-16(2,3)9-6-11(26-19-9)18-10(23)7-22-8-17-13-12(22)14(24)21(5)15(25)20(13)4/h6,8H,7H2,1-5H3,(H,18,23). The number of fused-ring (bicyclic) bond motifs is 1. The van der Waals surface area contributed by atoms with Gasteiger partial charge in [-0.3, -0.25) is 24.0 Å². The van der Waals surface area contributed by atoms with Crippen LogP contribution in [-0.4, -0.2) is 29.7 Å². The van der Waals surface area contributed by atoms with Gasteiger partial charge in [-0.15, -0.1) is 0 Å². The van der Waals surface area contributed by atoms with Gasteiger partial charge in [0.05, 0.1) is 12.0 Å². The molecular weight excluding hydrogens is 340 g/mol. The first-order chi connectivity index (χ1) is 12.1. The zero-order valence-corrected chi connectivity index (χ0v) is 15.2. The molecule has 0 unspecified atom stereocenters. The van der Waals surface area contributed by atoms with Gasteiger partial charge in [-0.05, 0) is 0 Å². The maximum Gasteiger partial charge on any atom is 0.332 e. The number of imidazole rings is 1. The topological polar surface area (TPSA) is 117 Å². The molecule has 0 radical (unpaired) electrons. The van der Waals surface area contributed by atoms with Crippen LogP contribution in [0.3, 0.4) is 0 Å². The van der Waals surface area contributed by atoms with Gasteiger partial charge < -0.3 is 9.09 Å². The molecule has 0 aliphatic heterocycles. The van der Waals surface area contributed by atoms with Gasteiger partial charge in [0.1, 0.15) is 6.54 Å². The van der Waals surface area contributed by atoms with Crippen molar-refractivity contribution in [2.45, 2.75) is 32.7 Å². The van der Waals surface area contributed by atoms with E-state index in [9.17, 15) is 14.4 Å². The second-order valence-corrected chi connectivity index (χ2v) is 7.13. The summed E-state index contributed by atoms with van der Waals surface area (Å²) in [6.07, 6.45) is 1.35. The number of rotatable bonds is 3. The molecule has 10 nitrogen and oxygen atoms in total. The minimum Gasteiger partial charge on any atom is -0.338 e. The summed E-state index contributed by atoms with van der Waals surface area (Å²) in [5.41, 5.74) is -0.0796. The highest BCUT2D eigenvalue weighted by atomic mass is 16.5. The number of nitrogens with one attached hydrogen (secondary N) is 1. The van der Waals surface area contributed by atoms with E-state index in [4.69, 9.17) is 4.52 Å². The maximum atomic E-state index is 12.4. The van der Waals surface area contributed by atoms with Crippen molar-refractivity contribution < 1.29 is 9.32 Å². The molecule has 26 heavy (non-hydrogen) atoms. The number of hydrogen-bond donors (Lipinski definition) is 1. The molecule has 1 N–H and O–H groups in total. The quantitative estimate of drug-likeness (QED) is 0.721. The first-order valence-corrected chi connectivity index (χ1v) is 7.97. The number of anilines is 1. The lowest BCUT2D eigenvalue weighted by Gasteiger charge is -2.12. The lowest BCUT2D eigenvalue weighted by molar-refractivity contribution is -0.116. The Bertz CT molecular complexity index is 1110. The van der Waals surface area contributed by atoms with Crippen LogP contribution in [0.4, 0.5) is 5.88 Å². The van der Waals surface area contributed by atoms with Gasteiger partial charge in [-0.25, -0.2) is 9.78 Å². The monoisotopic (exact) mass is 360 g/mol. The van der Waals surface area contributed by atoms with E-state index in [1.54, 1.807) is 6.07 Å². The van der Waals surface area contributed by atoms with Crippen molar-refractivity contribution in [1.82, 2.24) is 23.8 Å². The SMILES string of the molecule is Cn1c(=O)c2c(ncn2CC(=O)Nc2cc(C(C)(C)C)no2)n(C)c1=O. The number of carbonyl (C=O) groups excluding carboxylic acids is 1. The van der Waals surface area contributed by atoms with Crippen molar-refractivity contribution in [3.8, 4) is 0 Å². The predicted octanol–water partition coefficient (Wildman–Crippen LogP) is 0.358. The molecule has 3 aromatic rings. The Kier molecular flexibility index (Phi) is 4.05. The fraction of sp³-hybridized carbons (Fsp3) is 0.438. The van der Waals surface area contributed by atoms with Gasteiger partial charge in [-0.1, -0.05) is 25.9 Å². The third-order valence-electron chi connectivity index (χ3n) is 4.07. The molecule has 3 heterocycles. The van der Waals surface area contributed by atoms with E-state index in [2.05, 4.69) is 15.5 Å². The first-order valence-electron chi connectivity index (χ1n) is 7.97. The van der Waals surface area contributed by atoms with Crippen LogP contribution in [0.25, 0.3) is 11.2 Å². The minimum atomic E-state index is -0.511. The summed E-state index contributed by atoms with van der Waals surface area (Å²) in [4.78, 5) is 40.7. The number of aryl methyl sites for hydroxylation is 1. The van der Waals surface area contributed by atoms with Gasteiger partial charge in [0.25, 0.3) is 5.56 Å². The van der Waals surface area contributed by atoms with Crippen molar-refractivity contribution in [3.05, 3.63) is 38.9 Å². The molecule has 3 rings (SSSR count). The molecule has 0 aromatic carbocycles. The summed E-state index contributed by atoms with van der Waals surface area (Å²) in [6, 6.07) is 1.66. The normalized spacial score (nSPS) is 11.9. The van der Waals surface area contributed by atoms with Crippen LogP contribution < -0.4 is 16.6 Å². The van der Waals surface area contributed by atoms with Crippen LogP contribution in [0.5, 0.6) is 0 Å². The Morgan fingerprint density at radius 1 is 1.23 bits per heavy atom. The Hall–Kier alpha value is -3.17. The van der Waals surface area contributed by atoms with E-state index in [1.165, 1.54) is 29.6 Å². The van der Waals surface area contributed by atoms with Crippen LogP contribution in [0.1, 0.15) is 26.5 Å². The summed E-state index contributed by atoms with van der Waals surface area (Å²) in [7, 11) is 2.90. The number of carbonyl (C=O) groups is 1.